The Bertz CT molecular complexity index is 905. The first kappa shape index (κ1) is 17.0. The number of carboxylic acid groups (broad SMARTS) is 1. The smallest absolute Gasteiger partial charge is 0.335 e. The summed E-state index contributed by atoms with van der Waals surface area (Å²) < 4.78 is 0. The lowest BCUT2D eigenvalue weighted by molar-refractivity contribution is -0.115. The van der Waals surface area contributed by atoms with E-state index in [-0.39, 0.29) is 23.5 Å². The Hall–Kier alpha value is -3.40. The predicted octanol–water partition coefficient (Wildman–Crippen LogP) is 1.74. The molecule has 24 heavy (non-hydrogen) atoms. The highest BCUT2D eigenvalue weighted by atomic mass is 16.4. The largest absolute Gasteiger partial charge is 0.478 e. The molecule has 0 fully saturated rings. The van der Waals surface area contributed by atoms with E-state index < -0.39 is 11.5 Å². The number of aromatic nitrogens is 1. The number of hydrogen-bond donors (Lipinski definition) is 3. The molecule has 0 atom stereocenters. The van der Waals surface area contributed by atoms with Crippen molar-refractivity contribution < 1.29 is 14.7 Å². The minimum atomic E-state index is -1.05. The molecule has 0 aliphatic rings. The van der Waals surface area contributed by atoms with Gasteiger partial charge in [-0.05, 0) is 49.2 Å². The Morgan fingerprint density at radius 2 is 1.88 bits per heavy atom. The third-order valence-corrected chi connectivity index (χ3v) is 3.67. The maximum absolute atomic E-state index is 12.2. The van der Waals surface area contributed by atoms with E-state index in [2.05, 4.69) is 10.3 Å². The van der Waals surface area contributed by atoms with Crippen LogP contribution < -0.4 is 10.9 Å². The van der Waals surface area contributed by atoms with E-state index in [1.165, 1.54) is 24.3 Å². The van der Waals surface area contributed by atoms with Crippen molar-refractivity contribution in [2.45, 2.75) is 20.3 Å². The van der Waals surface area contributed by atoms with Gasteiger partial charge in [0.25, 0.3) is 5.56 Å². The number of pyridine rings is 1. The first-order valence-corrected chi connectivity index (χ1v) is 7.09. The highest BCUT2D eigenvalue weighted by molar-refractivity contribution is 5.93. The Balaban J connectivity index is 2.20. The lowest BCUT2D eigenvalue weighted by atomic mass is 10.00. The molecule has 122 valence electrons. The van der Waals surface area contributed by atoms with Crippen LogP contribution in [-0.2, 0) is 11.2 Å². The van der Waals surface area contributed by atoms with Crippen LogP contribution in [0, 0.1) is 25.2 Å². The molecule has 0 spiro atoms. The van der Waals surface area contributed by atoms with Gasteiger partial charge < -0.3 is 15.4 Å². The molecule has 0 saturated heterocycles. The Morgan fingerprint density at radius 3 is 2.42 bits per heavy atom. The molecule has 2 rings (SSSR count). The molecule has 1 amide bonds. The minimum Gasteiger partial charge on any atom is -0.478 e. The Morgan fingerprint density at radius 1 is 1.25 bits per heavy atom. The maximum atomic E-state index is 12.2. The van der Waals surface area contributed by atoms with Crippen molar-refractivity contribution in [2.75, 3.05) is 5.32 Å². The molecule has 0 unspecified atom stereocenters. The summed E-state index contributed by atoms with van der Waals surface area (Å²) in [4.78, 5) is 37.2. The van der Waals surface area contributed by atoms with Crippen LogP contribution in [0.5, 0.6) is 0 Å². The minimum absolute atomic E-state index is 0.00536. The van der Waals surface area contributed by atoms with Crippen LogP contribution in [0.1, 0.15) is 32.7 Å². The molecule has 7 heteroatoms. The molecular weight excluding hydrogens is 310 g/mol. The van der Waals surface area contributed by atoms with Gasteiger partial charge in [0.15, 0.2) is 0 Å². The molecule has 0 aliphatic carbocycles. The number of hydrogen-bond acceptors (Lipinski definition) is 4. The van der Waals surface area contributed by atoms with Crippen LogP contribution in [0.15, 0.2) is 29.1 Å². The number of carboxylic acids is 1. The van der Waals surface area contributed by atoms with E-state index in [0.29, 0.717) is 22.5 Å². The molecule has 0 bridgehead atoms. The molecule has 0 aliphatic heterocycles. The van der Waals surface area contributed by atoms with E-state index in [9.17, 15) is 14.4 Å². The number of aromatic amines is 1. The van der Waals surface area contributed by atoms with Gasteiger partial charge in [0.2, 0.25) is 5.91 Å². The average Bonchev–Trinajstić information content (AvgIpc) is 2.52. The lowest BCUT2D eigenvalue weighted by Crippen LogP contribution is -2.21. The summed E-state index contributed by atoms with van der Waals surface area (Å²) in [6, 6.07) is 7.61. The fraction of sp³-hybridized carbons (Fsp3) is 0.176. The number of aromatic carboxylic acids is 1. The molecule has 0 radical (unpaired) electrons. The zero-order valence-corrected chi connectivity index (χ0v) is 13.1. The van der Waals surface area contributed by atoms with Crippen LogP contribution >= 0.6 is 0 Å². The zero-order chi connectivity index (χ0) is 17.9. The van der Waals surface area contributed by atoms with Gasteiger partial charge in [-0.1, -0.05) is 0 Å². The second-order valence-corrected chi connectivity index (χ2v) is 5.28. The highest BCUT2D eigenvalue weighted by Crippen LogP contribution is 2.15. The summed E-state index contributed by atoms with van der Waals surface area (Å²) >= 11 is 0. The summed E-state index contributed by atoms with van der Waals surface area (Å²) in [5.41, 5.74) is 1.72. The molecular formula is C17H15N3O4. The molecule has 0 saturated carbocycles. The van der Waals surface area contributed by atoms with Crippen molar-refractivity contribution in [1.29, 1.82) is 5.26 Å². The van der Waals surface area contributed by atoms with Gasteiger partial charge in [-0.3, -0.25) is 9.59 Å². The lowest BCUT2D eigenvalue weighted by Gasteiger charge is -2.11. The fourth-order valence-corrected chi connectivity index (χ4v) is 2.37. The number of nitriles is 1. The van der Waals surface area contributed by atoms with Crippen molar-refractivity contribution >= 4 is 17.6 Å². The van der Waals surface area contributed by atoms with Crippen LogP contribution in [0.3, 0.4) is 0 Å². The topological polar surface area (TPSA) is 123 Å². The molecule has 1 aromatic heterocycles. The first-order valence-electron chi connectivity index (χ1n) is 7.09. The number of benzene rings is 1. The number of H-pyrrole nitrogens is 1. The second kappa shape index (κ2) is 6.79. The van der Waals surface area contributed by atoms with Crippen molar-refractivity contribution in [3.63, 3.8) is 0 Å². The zero-order valence-electron chi connectivity index (χ0n) is 13.1. The highest BCUT2D eigenvalue weighted by Gasteiger charge is 2.15. The van der Waals surface area contributed by atoms with Crippen LogP contribution in [-0.4, -0.2) is 22.0 Å². The van der Waals surface area contributed by atoms with Gasteiger partial charge in [-0.25, -0.2) is 4.79 Å². The number of anilines is 1. The van der Waals surface area contributed by atoms with Crippen molar-refractivity contribution in [2.24, 2.45) is 0 Å². The van der Waals surface area contributed by atoms with Gasteiger partial charge in [0.05, 0.1) is 12.0 Å². The molecule has 2 aromatic rings. The first-order chi connectivity index (χ1) is 11.3. The van der Waals surface area contributed by atoms with Gasteiger partial charge in [0.1, 0.15) is 11.6 Å². The fourth-order valence-electron chi connectivity index (χ4n) is 2.37. The summed E-state index contributed by atoms with van der Waals surface area (Å²) in [5.74, 6) is -1.38. The number of aryl methyl sites for hydroxylation is 1. The number of nitrogens with one attached hydrogen (secondary N) is 2. The summed E-state index contributed by atoms with van der Waals surface area (Å²) in [6.45, 7) is 3.30. The SMILES string of the molecule is Cc1[nH]c(=O)c(C#N)c(C)c1CC(=O)Nc1ccc(C(=O)O)cc1. The van der Waals surface area contributed by atoms with E-state index in [1.54, 1.807) is 13.8 Å². The normalized spacial score (nSPS) is 10.0. The van der Waals surface area contributed by atoms with Crippen molar-refractivity contribution in [3.05, 3.63) is 62.6 Å². The monoisotopic (exact) mass is 325 g/mol. The number of rotatable bonds is 4. The Kier molecular flexibility index (Phi) is 4.80. The standard InChI is InChI=1S/C17H15N3O4/c1-9-13(10(2)19-16(22)14(9)8-18)7-15(21)20-12-5-3-11(4-6-12)17(23)24/h3-6H,7H2,1-2H3,(H,19,22)(H,20,21)(H,23,24). The molecule has 3 N–H and O–H groups in total. The molecule has 7 nitrogen and oxygen atoms in total. The molecule has 1 aromatic carbocycles. The van der Waals surface area contributed by atoms with Crippen molar-refractivity contribution in [1.82, 2.24) is 4.98 Å². The number of carbonyl (C=O) groups is 2. The van der Waals surface area contributed by atoms with E-state index >= 15 is 0 Å². The van der Waals surface area contributed by atoms with Gasteiger partial charge in [-0.2, -0.15) is 5.26 Å². The number of amides is 1. The van der Waals surface area contributed by atoms with Gasteiger partial charge >= 0.3 is 5.97 Å². The maximum Gasteiger partial charge on any atom is 0.335 e. The quantitative estimate of drug-likeness (QED) is 0.790. The van der Waals surface area contributed by atoms with Crippen LogP contribution in [0.25, 0.3) is 0 Å². The van der Waals surface area contributed by atoms with Crippen LogP contribution in [0.2, 0.25) is 0 Å². The molecule has 1 heterocycles. The van der Waals surface area contributed by atoms with E-state index in [4.69, 9.17) is 10.4 Å². The number of carbonyl (C=O) groups excluding carboxylic acids is 1. The summed E-state index contributed by atoms with van der Waals surface area (Å²) in [5, 5.41) is 20.5. The summed E-state index contributed by atoms with van der Waals surface area (Å²) in [6.07, 6.45) is -0.0101. The average molecular weight is 325 g/mol. The van der Waals surface area contributed by atoms with Gasteiger partial charge in [0, 0.05) is 11.4 Å². The van der Waals surface area contributed by atoms with Gasteiger partial charge in [-0.15, -0.1) is 0 Å². The Labute approximate surface area is 137 Å². The second-order valence-electron chi connectivity index (χ2n) is 5.28. The third kappa shape index (κ3) is 3.50. The van der Waals surface area contributed by atoms with Crippen LogP contribution in [0.4, 0.5) is 5.69 Å². The number of nitrogens with zero attached hydrogens (tertiary/aromatic N) is 1. The predicted molar refractivity (Wildman–Crippen MR) is 87.0 cm³/mol. The third-order valence-electron chi connectivity index (χ3n) is 3.67. The summed E-state index contributed by atoms with van der Waals surface area (Å²) in [7, 11) is 0. The van der Waals surface area contributed by atoms with Crippen molar-refractivity contribution in [3.8, 4) is 6.07 Å². The van der Waals surface area contributed by atoms with E-state index in [0.717, 1.165) is 0 Å². The van der Waals surface area contributed by atoms with E-state index in [1.807, 2.05) is 6.07 Å².